The van der Waals surface area contributed by atoms with Gasteiger partial charge in [0.15, 0.2) is 5.54 Å². The average molecular weight is 623 g/mol. The van der Waals surface area contributed by atoms with Gasteiger partial charge < -0.3 is 10.1 Å². The van der Waals surface area contributed by atoms with Crippen LogP contribution in [0.15, 0.2) is 42.1 Å². The lowest BCUT2D eigenvalue weighted by Crippen LogP contribution is -2.59. The number of carbonyl (C=O) groups excluding carboxylic acids is 2. The first-order chi connectivity index (χ1) is 19.5. The highest BCUT2D eigenvalue weighted by Gasteiger charge is 2.60. The van der Waals surface area contributed by atoms with E-state index in [0.717, 1.165) is 43.5 Å². The third-order valence-corrected chi connectivity index (χ3v) is 7.68. The molecule has 2 aliphatic rings. The molecule has 1 fully saturated rings. The van der Waals surface area contributed by atoms with Crippen molar-refractivity contribution in [1.29, 1.82) is 0 Å². The molecule has 1 aliphatic heterocycles. The number of halogens is 6. The summed E-state index contributed by atoms with van der Waals surface area (Å²) in [5, 5.41) is 6.19. The first kappa shape index (κ1) is 31.4. The highest BCUT2D eigenvalue weighted by molar-refractivity contribution is 7.89. The van der Waals surface area contributed by atoms with Gasteiger partial charge in [0.1, 0.15) is 11.3 Å². The molecule has 1 saturated carbocycles. The number of ether oxygens (including phenoxy) is 1. The van der Waals surface area contributed by atoms with E-state index in [1.54, 1.807) is 4.72 Å². The molecular formula is C26H28F6N4O5S. The second kappa shape index (κ2) is 11.6. The zero-order chi connectivity index (χ0) is 30.9. The summed E-state index contributed by atoms with van der Waals surface area (Å²) in [4.78, 5) is 26.1. The van der Waals surface area contributed by atoms with Crippen LogP contribution >= 0.6 is 0 Å². The van der Waals surface area contributed by atoms with Gasteiger partial charge in [-0.2, -0.15) is 31.4 Å². The number of nitrogens with one attached hydrogen (secondary N) is 2. The minimum absolute atomic E-state index is 0.0131. The summed E-state index contributed by atoms with van der Waals surface area (Å²) in [6.45, 7) is 0.161. The van der Waals surface area contributed by atoms with Crippen LogP contribution in [-0.2, 0) is 31.7 Å². The van der Waals surface area contributed by atoms with Gasteiger partial charge in [-0.25, -0.2) is 13.1 Å². The largest absolute Gasteiger partial charge is 0.494 e. The molecule has 1 atom stereocenters. The lowest BCUT2D eigenvalue weighted by Gasteiger charge is -2.41. The van der Waals surface area contributed by atoms with Gasteiger partial charge in [-0.15, -0.1) is 0 Å². The third-order valence-electron chi connectivity index (χ3n) is 7.13. The van der Waals surface area contributed by atoms with Gasteiger partial charge in [0.2, 0.25) is 10.0 Å². The normalized spacial score (nSPS) is 20.2. The van der Waals surface area contributed by atoms with Crippen molar-refractivity contribution in [2.75, 3.05) is 12.9 Å². The van der Waals surface area contributed by atoms with Crippen LogP contribution < -0.4 is 14.8 Å². The molecule has 16 heteroatoms. The number of hydrogen-bond acceptors (Lipinski definition) is 6. The monoisotopic (exact) mass is 622 g/mol. The number of aromatic nitrogens is 2. The number of benzene rings is 1. The molecule has 230 valence electrons. The van der Waals surface area contributed by atoms with Crippen molar-refractivity contribution in [2.45, 2.75) is 63.0 Å². The Labute approximate surface area is 237 Å². The van der Waals surface area contributed by atoms with Gasteiger partial charge in [-0.1, -0.05) is 18.6 Å². The summed E-state index contributed by atoms with van der Waals surface area (Å²) in [6.07, 6.45) is -6.79. The zero-order valence-electron chi connectivity index (χ0n) is 22.3. The number of amides is 2. The lowest BCUT2D eigenvalue weighted by atomic mass is 9.77. The maximum Gasteiger partial charge on any atom is 0.416 e. The minimum Gasteiger partial charge on any atom is -0.494 e. The van der Waals surface area contributed by atoms with Crippen LogP contribution in [0.1, 0.15) is 49.8 Å². The molecule has 0 bridgehead atoms. The van der Waals surface area contributed by atoms with Gasteiger partial charge in [0.05, 0.1) is 18.6 Å². The van der Waals surface area contributed by atoms with E-state index < -0.39 is 69.3 Å². The fraction of sp³-hybridized carbons (Fsp3) is 0.500. The van der Waals surface area contributed by atoms with E-state index in [4.69, 9.17) is 4.74 Å². The molecule has 0 radical (unpaired) electrons. The van der Waals surface area contributed by atoms with E-state index in [1.807, 2.05) is 5.32 Å². The number of sulfonamides is 1. The molecule has 1 aliphatic carbocycles. The van der Waals surface area contributed by atoms with Gasteiger partial charge in [-0.05, 0) is 48.9 Å². The second-order valence-electron chi connectivity index (χ2n) is 10.4. The molecule has 0 spiro atoms. The molecule has 1 aromatic heterocycles. The Morgan fingerprint density at radius 3 is 2.36 bits per heavy atom. The van der Waals surface area contributed by atoms with Crippen molar-refractivity contribution in [3.8, 4) is 5.75 Å². The van der Waals surface area contributed by atoms with Crippen LogP contribution in [0.2, 0.25) is 0 Å². The van der Waals surface area contributed by atoms with Crippen LogP contribution in [0.4, 0.5) is 26.3 Å². The van der Waals surface area contributed by atoms with Crippen LogP contribution in [0, 0.1) is 5.92 Å². The second-order valence-corrected chi connectivity index (χ2v) is 12.2. The Hall–Kier alpha value is -3.56. The molecule has 2 amide bonds. The summed E-state index contributed by atoms with van der Waals surface area (Å²) in [5.74, 6) is -2.52. The van der Waals surface area contributed by atoms with Crippen LogP contribution in [0.3, 0.4) is 0 Å². The van der Waals surface area contributed by atoms with E-state index in [-0.39, 0.29) is 24.5 Å². The maximum atomic E-state index is 14.8. The summed E-state index contributed by atoms with van der Waals surface area (Å²) in [7, 11) is -4.18. The Morgan fingerprint density at radius 2 is 1.81 bits per heavy atom. The van der Waals surface area contributed by atoms with Crippen molar-refractivity contribution < 1.29 is 49.1 Å². The van der Waals surface area contributed by atoms with E-state index in [2.05, 4.69) is 5.10 Å². The van der Waals surface area contributed by atoms with Crippen molar-refractivity contribution in [2.24, 2.45) is 5.92 Å². The van der Waals surface area contributed by atoms with Crippen molar-refractivity contribution >= 4 is 27.4 Å². The molecule has 4 rings (SSSR count). The zero-order valence-corrected chi connectivity index (χ0v) is 23.1. The standard InChI is InChI=1S/C26H28F6N4O5S/c1-42(39,40)35-23(38)21-19(20-10-12-36(34-20)15-16-4-2-5-16)14-24(26(30,31)32,33-22(21)37)17-6-8-18(9-7-17)41-13-3-11-25(27,28)29/h6-10,12,16H,2-5,11,13-15H2,1H3,(H,33,37)(H,35,38)/t24-/m0/s1. The third kappa shape index (κ3) is 7.25. The predicted octanol–water partition coefficient (Wildman–Crippen LogP) is 4.21. The Kier molecular flexibility index (Phi) is 8.67. The highest BCUT2D eigenvalue weighted by Crippen LogP contribution is 2.48. The Balaban J connectivity index is 1.70. The average Bonchev–Trinajstić information content (AvgIpc) is 3.30. The molecule has 0 saturated heterocycles. The van der Waals surface area contributed by atoms with Crippen molar-refractivity contribution in [1.82, 2.24) is 19.8 Å². The van der Waals surface area contributed by atoms with Gasteiger partial charge in [0.25, 0.3) is 11.8 Å². The molecular weight excluding hydrogens is 594 g/mol. The lowest BCUT2D eigenvalue weighted by molar-refractivity contribution is -0.202. The van der Waals surface area contributed by atoms with Crippen molar-refractivity contribution in [3.63, 3.8) is 0 Å². The fourth-order valence-corrected chi connectivity index (χ4v) is 5.28. The van der Waals surface area contributed by atoms with Gasteiger partial charge in [-0.3, -0.25) is 14.3 Å². The fourth-order valence-electron chi connectivity index (χ4n) is 4.84. The summed E-state index contributed by atoms with van der Waals surface area (Å²) in [6, 6.07) is 5.65. The number of rotatable bonds is 10. The van der Waals surface area contributed by atoms with Gasteiger partial charge >= 0.3 is 12.4 Å². The molecule has 2 heterocycles. The Morgan fingerprint density at radius 1 is 1.14 bits per heavy atom. The first-order valence-corrected chi connectivity index (χ1v) is 14.8. The topological polar surface area (TPSA) is 119 Å². The van der Waals surface area contributed by atoms with E-state index in [9.17, 15) is 44.3 Å². The van der Waals surface area contributed by atoms with E-state index in [0.29, 0.717) is 18.7 Å². The summed E-state index contributed by atoms with van der Waals surface area (Å²) >= 11 is 0. The number of alkyl halides is 6. The Bertz CT molecular complexity index is 1460. The molecule has 2 aromatic rings. The van der Waals surface area contributed by atoms with Crippen LogP contribution in [-0.4, -0.2) is 55.2 Å². The number of hydrogen-bond donors (Lipinski definition) is 2. The predicted molar refractivity (Wildman–Crippen MR) is 137 cm³/mol. The summed E-state index contributed by atoms with van der Waals surface area (Å²) < 4.78 is 113. The van der Waals surface area contributed by atoms with Crippen molar-refractivity contribution in [3.05, 3.63) is 53.4 Å². The molecule has 0 unspecified atom stereocenters. The quantitative estimate of drug-likeness (QED) is 0.233. The number of carbonyl (C=O) groups is 2. The first-order valence-electron chi connectivity index (χ1n) is 13.0. The summed E-state index contributed by atoms with van der Waals surface area (Å²) in [5.41, 5.74) is -4.82. The van der Waals surface area contributed by atoms with E-state index >= 15 is 0 Å². The highest BCUT2D eigenvalue weighted by atomic mass is 32.2. The smallest absolute Gasteiger partial charge is 0.416 e. The maximum absolute atomic E-state index is 14.8. The van der Waals surface area contributed by atoms with E-state index in [1.165, 1.54) is 16.9 Å². The SMILES string of the molecule is CS(=O)(=O)NC(=O)C1=C(c2ccn(CC3CCC3)n2)C[C@](c2ccc(OCCCC(F)(F)F)cc2)(C(F)(F)F)NC1=O. The molecule has 42 heavy (non-hydrogen) atoms. The van der Waals surface area contributed by atoms with Crippen LogP contribution in [0.5, 0.6) is 5.75 Å². The minimum atomic E-state index is -5.11. The molecule has 2 N–H and O–H groups in total. The molecule has 1 aromatic carbocycles. The van der Waals surface area contributed by atoms with Crippen LogP contribution in [0.25, 0.3) is 5.57 Å². The number of nitrogens with zero attached hydrogens (tertiary/aromatic N) is 2. The van der Waals surface area contributed by atoms with Gasteiger partial charge in [0, 0.05) is 31.2 Å². The molecule has 9 nitrogen and oxygen atoms in total.